The van der Waals surface area contributed by atoms with Crippen LogP contribution in [0.1, 0.15) is 26.3 Å². The number of hydrogen-bond donors (Lipinski definition) is 0. The molecule has 0 aliphatic heterocycles. The third-order valence-electron chi connectivity index (χ3n) is 4.69. The van der Waals surface area contributed by atoms with Crippen LogP contribution < -0.4 is 0 Å². The molecule has 4 nitrogen and oxygen atoms in total. The highest BCUT2D eigenvalue weighted by atomic mass is 32.2. The highest BCUT2D eigenvalue weighted by Crippen LogP contribution is 2.25. The van der Waals surface area contributed by atoms with Crippen molar-refractivity contribution in [1.29, 1.82) is 0 Å². The largest absolute Gasteiger partial charge is 0.350 e. The molecule has 0 N–H and O–H groups in total. The number of rotatable bonds is 5. The molecule has 0 saturated carbocycles. The van der Waals surface area contributed by atoms with E-state index in [1.165, 1.54) is 11.5 Å². The minimum atomic E-state index is -1.34. The summed E-state index contributed by atoms with van der Waals surface area (Å²) in [5, 5.41) is 2.61. The van der Waals surface area contributed by atoms with Crippen molar-refractivity contribution >= 4 is 27.6 Å². The van der Waals surface area contributed by atoms with Gasteiger partial charge in [0, 0.05) is 52.6 Å². The molecule has 1 unspecified atom stereocenters. The van der Waals surface area contributed by atoms with Crippen LogP contribution in [0.5, 0.6) is 0 Å². The van der Waals surface area contributed by atoms with Gasteiger partial charge in [-0.15, -0.1) is 0 Å². The van der Waals surface area contributed by atoms with Crippen molar-refractivity contribution in [2.24, 2.45) is 7.05 Å². The maximum atomic E-state index is 13.0. The minimum absolute atomic E-state index is 0.148. The van der Waals surface area contributed by atoms with Crippen LogP contribution in [0.2, 0.25) is 0 Å². The van der Waals surface area contributed by atoms with Crippen LogP contribution in [0.15, 0.2) is 77.2 Å². The number of carbonyl (C=O) groups is 1. The molecule has 1 atom stereocenters. The number of aryl methyl sites for hydroxylation is 1. The van der Waals surface area contributed by atoms with Gasteiger partial charge >= 0.3 is 0 Å². The van der Waals surface area contributed by atoms with Gasteiger partial charge in [-0.3, -0.25) is 4.79 Å². The van der Waals surface area contributed by atoms with Crippen molar-refractivity contribution < 1.29 is 9.00 Å². The molecular weight excluding hydrogens is 368 g/mol. The molecule has 0 spiro atoms. The van der Waals surface area contributed by atoms with E-state index in [-0.39, 0.29) is 11.4 Å². The van der Waals surface area contributed by atoms with Crippen LogP contribution in [-0.4, -0.2) is 25.1 Å². The van der Waals surface area contributed by atoms with Gasteiger partial charge in [0.25, 0.3) is 0 Å². The molecule has 28 heavy (non-hydrogen) atoms. The predicted octanol–water partition coefficient (Wildman–Crippen LogP) is 4.63. The smallest absolute Gasteiger partial charge is 0.247 e. The lowest BCUT2D eigenvalue weighted by Crippen LogP contribution is -2.44. The van der Waals surface area contributed by atoms with Gasteiger partial charge in [0.1, 0.15) is 0 Å². The fraction of sp³-hybridized carbons (Fsp3) is 0.261. The Labute approximate surface area is 168 Å². The predicted molar refractivity (Wildman–Crippen MR) is 115 cm³/mol. The van der Waals surface area contributed by atoms with Gasteiger partial charge in [-0.25, -0.2) is 4.21 Å². The number of amides is 1. The number of fused-ring (bicyclic) bond motifs is 1. The Hall–Kier alpha value is -2.66. The summed E-state index contributed by atoms with van der Waals surface area (Å²) < 4.78 is 14.5. The quantitative estimate of drug-likeness (QED) is 0.592. The lowest BCUT2D eigenvalue weighted by atomic mass is 10.0. The molecule has 146 valence electrons. The van der Waals surface area contributed by atoms with Crippen LogP contribution in [0, 0.1) is 0 Å². The number of para-hydroxylation sites is 1. The van der Waals surface area contributed by atoms with Gasteiger partial charge in [-0.2, -0.15) is 0 Å². The number of aromatic nitrogens is 1. The van der Waals surface area contributed by atoms with E-state index >= 15 is 0 Å². The SMILES string of the molecule is Cn1cc(CN(C(=O)/C=C\S(=O)c2ccccc2)C(C)(C)C)c2ccccc21. The third kappa shape index (κ3) is 4.42. The molecule has 0 fully saturated rings. The van der Waals surface area contributed by atoms with Gasteiger partial charge in [0.05, 0.1) is 10.8 Å². The Kier molecular flexibility index (Phi) is 5.84. The third-order valence-corrected chi connectivity index (χ3v) is 5.81. The van der Waals surface area contributed by atoms with Crippen LogP contribution in [0.4, 0.5) is 0 Å². The standard InChI is InChI=1S/C23H26N2O2S/c1-23(2,3)25(17-18-16-24(4)21-13-9-8-12-20(18)21)22(26)14-15-28(27)19-10-6-5-7-11-19/h5-16H,17H2,1-4H3/b15-14-. The Morgan fingerprint density at radius 2 is 1.71 bits per heavy atom. The molecular formula is C23H26N2O2S. The summed E-state index contributed by atoms with van der Waals surface area (Å²) in [6, 6.07) is 17.3. The molecule has 2 aromatic carbocycles. The lowest BCUT2D eigenvalue weighted by molar-refractivity contribution is -0.131. The van der Waals surface area contributed by atoms with Crippen molar-refractivity contribution in [2.75, 3.05) is 0 Å². The summed E-state index contributed by atoms with van der Waals surface area (Å²) >= 11 is 0. The zero-order chi connectivity index (χ0) is 20.3. The average molecular weight is 395 g/mol. The Morgan fingerprint density at radius 3 is 2.39 bits per heavy atom. The van der Waals surface area contributed by atoms with Crippen molar-refractivity contribution in [3.05, 3.63) is 77.8 Å². The monoisotopic (exact) mass is 394 g/mol. The Morgan fingerprint density at radius 1 is 1.07 bits per heavy atom. The molecule has 0 radical (unpaired) electrons. The fourth-order valence-corrected chi connectivity index (χ4v) is 4.03. The minimum Gasteiger partial charge on any atom is -0.350 e. The zero-order valence-electron chi connectivity index (χ0n) is 16.8. The van der Waals surface area contributed by atoms with E-state index in [1.54, 1.807) is 12.1 Å². The Bertz CT molecular complexity index is 1030. The van der Waals surface area contributed by atoms with Crippen LogP contribution in [0.25, 0.3) is 10.9 Å². The number of nitrogens with zero attached hydrogens (tertiary/aromatic N) is 2. The van der Waals surface area contributed by atoms with Gasteiger partial charge in [0.2, 0.25) is 5.91 Å². The van der Waals surface area contributed by atoms with Crippen molar-refractivity contribution in [3.8, 4) is 0 Å². The van der Waals surface area contributed by atoms with E-state index in [2.05, 4.69) is 22.9 Å². The molecule has 5 heteroatoms. The van der Waals surface area contributed by atoms with E-state index < -0.39 is 10.8 Å². The summed E-state index contributed by atoms with van der Waals surface area (Å²) in [5.41, 5.74) is 1.87. The van der Waals surface area contributed by atoms with E-state index in [0.29, 0.717) is 11.4 Å². The summed E-state index contributed by atoms with van der Waals surface area (Å²) in [4.78, 5) is 15.5. The summed E-state index contributed by atoms with van der Waals surface area (Å²) in [7, 11) is 0.668. The van der Waals surface area contributed by atoms with E-state index in [9.17, 15) is 9.00 Å². The molecule has 1 aromatic heterocycles. The van der Waals surface area contributed by atoms with Crippen molar-refractivity contribution in [1.82, 2.24) is 9.47 Å². The number of carbonyl (C=O) groups excluding carboxylic acids is 1. The molecule has 0 aliphatic rings. The maximum Gasteiger partial charge on any atom is 0.247 e. The second-order valence-corrected chi connectivity index (χ2v) is 9.13. The van der Waals surface area contributed by atoms with Crippen molar-refractivity contribution in [3.63, 3.8) is 0 Å². The van der Waals surface area contributed by atoms with Gasteiger partial charge in [0.15, 0.2) is 0 Å². The first kappa shape index (κ1) is 20.1. The molecule has 0 saturated heterocycles. The molecule has 1 heterocycles. The average Bonchev–Trinajstić information content (AvgIpc) is 3.00. The summed E-state index contributed by atoms with van der Waals surface area (Å²) in [6.07, 6.45) is 3.50. The first-order chi connectivity index (χ1) is 13.3. The molecule has 0 bridgehead atoms. The summed E-state index contributed by atoms with van der Waals surface area (Å²) in [6.45, 7) is 6.53. The van der Waals surface area contributed by atoms with Crippen molar-refractivity contribution in [2.45, 2.75) is 37.8 Å². The van der Waals surface area contributed by atoms with Crippen LogP contribution in [0.3, 0.4) is 0 Å². The normalized spacial score (nSPS) is 13.1. The molecule has 1 amide bonds. The van der Waals surface area contributed by atoms with Gasteiger partial charge < -0.3 is 9.47 Å². The lowest BCUT2D eigenvalue weighted by Gasteiger charge is -2.35. The molecule has 3 aromatic rings. The van der Waals surface area contributed by atoms with E-state index in [0.717, 1.165) is 16.5 Å². The fourth-order valence-electron chi connectivity index (χ4n) is 3.21. The number of hydrogen-bond acceptors (Lipinski definition) is 2. The molecule has 0 aliphatic carbocycles. The van der Waals surface area contributed by atoms with Crippen LogP contribution >= 0.6 is 0 Å². The van der Waals surface area contributed by atoms with Gasteiger partial charge in [-0.1, -0.05) is 36.4 Å². The van der Waals surface area contributed by atoms with Crippen LogP contribution in [-0.2, 0) is 29.2 Å². The first-order valence-corrected chi connectivity index (χ1v) is 10.5. The molecule has 3 rings (SSSR count). The first-order valence-electron chi connectivity index (χ1n) is 9.26. The highest BCUT2D eigenvalue weighted by molar-refractivity contribution is 7.88. The maximum absolute atomic E-state index is 13.0. The highest BCUT2D eigenvalue weighted by Gasteiger charge is 2.26. The topological polar surface area (TPSA) is 42.3 Å². The Balaban J connectivity index is 1.85. The zero-order valence-corrected chi connectivity index (χ0v) is 17.6. The summed E-state index contributed by atoms with van der Waals surface area (Å²) in [5.74, 6) is -0.148. The second-order valence-electron chi connectivity index (χ2n) is 7.79. The van der Waals surface area contributed by atoms with E-state index in [1.807, 2.05) is 63.1 Å². The van der Waals surface area contributed by atoms with E-state index in [4.69, 9.17) is 0 Å². The second kappa shape index (κ2) is 8.15. The van der Waals surface area contributed by atoms with Gasteiger partial charge in [-0.05, 0) is 44.5 Å². The number of benzene rings is 2.